The molecule has 1 heterocycles. The molecule has 0 radical (unpaired) electrons. The Morgan fingerprint density at radius 2 is 2.05 bits per heavy atom. The molecular weight excluding hydrogens is 258 g/mol. The summed E-state index contributed by atoms with van der Waals surface area (Å²) in [5.74, 6) is -0.409. The van der Waals surface area contributed by atoms with Crippen molar-refractivity contribution in [3.8, 4) is 5.75 Å². The van der Waals surface area contributed by atoms with E-state index in [1.165, 1.54) is 6.07 Å². The molecule has 6 heteroatoms. The van der Waals surface area contributed by atoms with Crippen LogP contribution in [0.4, 0.5) is 5.69 Å². The Labute approximate surface area is 118 Å². The fraction of sp³-hybridized carbons (Fsp3) is 0.500. The van der Waals surface area contributed by atoms with Gasteiger partial charge in [0.1, 0.15) is 12.4 Å². The zero-order chi connectivity index (χ0) is 14.5. The minimum absolute atomic E-state index is 0.108. The van der Waals surface area contributed by atoms with Gasteiger partial charge >= 0.3 is 5.97 Å². The van der Waals surface area contributed by atoms with Gasteiger partial charge < -0.3 is 20.5 Å². The highest BCUT2D eigenvalue weighted by molar-refractivity contribution is 5.93. The highest BCUT2D eigenvalue weighted by Crippen LogP contribution is 2.19. The molecule has 1 aromatic carbocycles. The van der Waals surface area contributed by atoms with Gasteiger partial charge in [-0.25, -0.2) is 4.79 Å². The van der Waals surface area contributed by atoms with Gasteiger partial charge in [0.15, 0.2) is 0 Å². The summed E-state index contributed by atoms with van der Waals surface area (Å²) in [6.07, 6.45) is 0. The van der Waals surface area contributed by atoms with Crippen molar-refractivity contribution in [3.63, 3.8) is 0 Å². The first kappa shape index (κ1) is 14.6. The maximum atomic E-state index is 10.8. The van der Waals surface area contributed by atoms with Crippen molar-refractivity contribution in [2.45, 2.75) is 0 Å². The average Bonchev–Trinajstić information content (AvgIpc) is 2.41. The molecule has 0 atom stereocenters. The molecule has 1 saturated heterocycles. The number of carboxylic acids is 1. The van der Waals surface area contributed by atoms with E-state index in [2.05, 4.69) is 16.8 Å². The van der Waals surface area contributed by atoms with Crippen LogP contribution in [0.3, 0.4) is 0 Å². The SMILES string of the molecule is CN1CCN(CCOc2ccc(C(=O)O)c(N)c2)CC1. The van der Waals surface area contributed by atoms with Gasteiger partial charge in [-0.15, -0.1) is 0 Å². The van der Waals surface area contributed by atoms with E-state index in [0.717, 1.165) is 32.7 Å². The van der Waals surface area contributed by atoms with Crippen molar-refractivity contribution in [2.75, 3.05) is 52.1 Å². The van der Waals surface area contributed by atoms with Crippen LogP contribution in [0.15, 0.2) is 18.2 Å². The van der Waals surface area contributed by atoms with Gasteiger partial charge in [0.2, 0.25) is 0 Å². The van der Waals surface area contributed by atoms with Crippen LogP contribution in [0.5, 0.6) is 5.75 Å². The molecule has 0 bridgehead atoms. The number of piperazine rings is 1. The molecule has 0 spiro atoms. The number of rotatable bonds is 5. The lowest BCUT2D eigenvalue weighted by atomic mass is 10.2. The molecule has 1 aliphatic rings. The van der Waals surface area contributed by atoms with Crippen LogP contribution in [0.2, 0.25) is 0 Å². The molecule has 0 amide bonds. The Bertz CT molecular complexity index is 471. The zero-order valence-electron chi connectivity index (χ0n) is 11.7. The molecule has 1 aromatic rings. The van der Waals surface area contributed by atoms with Gasteiger partial charge in [-0.2, -0.15) is 0 Å². The summed E-state index contributed by atoms with van der Waals surface area (Å²) in [5, 5.41) is 8.89. The molecule has 6 nitrogen and oxygen atoms in total. The molecule has 0 saturated carbocycles. The summed E-state index contributed by atoms with van der Waals surface area (Å²) < 4.78 is 5.62. The third kappa shape index (κ3) is 3.85. The van der Waals surface area contributed by atoms with Gasteiger partial charge in [0.05, 0.1) is 5.56 Å². The first-order valence-electron chi connectivity index (χ1n) is 6.73. The predicted molar refractivity (Wildman–Crippen MR) is 77.2 cm³/mol. The molecule has 3 N–H and O–H groups in total. The predicted octanol–water partition coefficient (Wildman–Crippen LogP) is 0.593. The van der Waals surface area contributed by atoms with Crippen LogP contribution in [-0.2, 0) is 0 Å². The van der Waals surface area contributed by atoms with E-state index < -0.39 is 5.97 Å². The van der Waals surface area contributed by atoms with Crippen molar-refractivity contribution in [1.82, 2.24) is 9.80 Å². The van der Waals surface area contributed by atoms with Gasteiger partial charge in [0, 0.05) is 44.5 Å². The Morgan fingerprint density at radius 1 is 1.35 bits per heavy atom. The lowest BCUT2D eigenvalue weighted by Crippen LogP contribution is -2.45. The summed E-state index contributed by atoms with van der Waals surface area (Å²) in [5.41, 5.74) is 6.01. The Balaban J connectivity index is 1.79. The van der Waals surface area contributed by atoms with Gasteiger partial charge in [-0.1, -0.05) is 0 Å². The van der Waals surface area contributed by atoms with Crippen LogP contribution < -0.4 is 10.5 Å². The number of aromatic carboxylic acids is 1. The van der Waals surface area contributed by atoms with Crippen molar-refractivity contribution in [3.05, 3.63) is 23.8 Å². The van der Waals surface area contributed by atoms with E-state index in [0.29, 0.717) is 12.4 Å². The molecular formula is C14H21N3O3. The minimum atomic E-state index is -1.02. The molecule has 0 aromatic heterocycles. The first-order chi connectivity index (χ1) is 9.56. The third-order valence-electron chi connectivity index (χ3n) is 3.53. The molecule has 110 valence electrons. The standard InChI is InChI=1S/C14H21N3O3/c1-16-4-6-17(7-5-16)8-9-20-11-2-3-12(14(18)19)13(15)10-11/h2-3,10H,4-9,15H2,1H3,(H,18,19). The number of nitrogen functional groups attached to an aromatic ring is 1. The molecule has 20 heavy (non-hydrogen) atoms. The van der Waals surface area contributed by atoms with Crippen molar-refractivity contribution >= 4 is 11.7 Å². The largest absolute Gasteiger partial charge is 0.492 e. The Morgan fingerprint density at radius 3 is 2.65 bits per heavy atom. The third-order valence-corrected chi connectivity index (χ3v) is 3.53. The number of anilines is 1. The van der Waals surface area contributed by atoms with Crippen LogP contribution in [0.1, 0.15) is 10.4 Å². The van der Waals surface area contributed by atoms with Crippen molar-refractivity contribution < 1.29 is 14.6 Å². The smallest absolute Gasteiger partial charge is 0.337 e. The van der Waals surface area contributed by atoms with Crippen molar-refractivity contribution in [1.29, 1.82) is 0 Å². The Hall–Kier alpha value is -1.79. The topological polar surface area (TPSA) is 79.0 Å². The number of hydrogen-bond donors (Lipinski definition) is 2. The summed E-state index contributed by atoms with van der Waals surface area (Å²) in [6.45, 7) is 5.73. The molecule has 2 rings (SSSR count). The maximum Gasteiger partial charge on any atom is 0.337 e. The molecule has 1 aliphatic heterocycles. The summed E-state index contributed by atoms with van der Waals surface area (Å²) in [7, 11) is 2.13. The number of likely N-dealkylation sites (N-methyl/N-ethyl adjacent to an activating group) is 1. The zero-order valence-corrected chi connectivity index (χ0v) is 11.7. The van der Waals surface area contributed by atoms with Gasteiger partial charge in [0.25, 0.3) is 0 Å². The Kier molecular flexibility index (Phi) is 4.81. The number of nitrogens with two attached hydrogens (primary N) is 1. The van der Waals surface area contributed by atoms with Crippen molar-refractivity contribution in [2.24, 2.45) is 0 Å². The molecule has 1 fully saturated rings. The minimum Gasteiger partial charge on any atom is -0.492 e. The number of benzene rings is 1. The van der Waals surface area contributed by atoms with E-state index >= 15 is 0 Å². The fourth-order valence-corrected chi connectivity index (χ4v) is 2.19. The summed E-state index contributed by atoms with van der Waals surface area (Å²) in [4.78, 5) is 15.5. The van der Waals surface area contributed by atoms with Crippen LogP contribution in [0, 0.1) is 0 Å². The number of carbonyl (C=O) groups is 1. The van der Waals surface area contributed by atoms with Gasteiger partial charge in [-0.3, -0.25) is 4.90 Å². The number of carboxylic acid groups (broad SMARTS) is 1. The quantitative estimate of drug-likeness (QED) is 0.768. The van der Waals surface area contributed by atoms with Gasteiger partial charge in [-0.05, 0) is 19.2 Å². The summed E-state index contributed by atoms with van der Waals surface area (Å²) >= 11 is 0. The lowest BCUT2D eigenvalue weighted by molar-refractivity contribution is 0.0698. The molecule has 0 unspecified atom stereocenters. The second kappa shape index (κ2) is 6.58. The van der Waals surface area contributed by atoms with E-state index in [-0.39, 0.29) is 11.3 Å². The first-order valence-corrected chi connectivity index (χ1v) is 6.73. The average molecular weight is 279 g/mol. The summed E-state index contributed by atoms with van der Waals surface area (Å²) in [6, 6.07) is 4.68. The highest BCUT2D eigenvalue weighted by Gasteiger charge is 2.13. The fourth-order valence-electron chi connectivity index (χ4n) is 2.19. The number of hydrogen-bond acceptors (Lipinski definition) is 5. The van der Waals surface area contributed by atoms with E-state index in [1.807, 2.05) is 0 Å². The van der Waals surface area contributed by atoms with E-state index in [1.54, 1.807) is 12.1 Å². The number of nitrogens with zero attached hydrogens (tertiary/aromatic N) is 2. The lowest BCUT2D eigenvalue weighted by Gasteiger charge is -2.32. The second-order valence-corrected chi connectivity index (χ2v) is 5.05. The number of ether oxygens (including phenoxy) is 1. The van der Waals surface area contributed by atoms with E-state index in [4.69, 9.17) is 15.6 Å². The van der Waals surface area contributed by atoms with Crippen LogP contribution in [-0.4, -0.2) is 67.3 Å². The second-order valence-electron chi connectivity index (χ2n) is 5.05. The normalized spacial score (nSPS) is 17.1. The maximum absolute atomic E-state index is 10.8. The monoisotopic (exact) mass is 279 g/mol. The van der Waals surface area contributed by atoms with Crippen LogP contribution >= 0.6 is 0 Å². The molecule has 0 aliphatic carbocycles. The highest BCUT2D eigenvalue weighted by atomic mass is 16.5. The van der Waals surface area contributed by atoms with E-state index in [9.17, 15) is 4.79 Å². The van der Waals surface area contributed by atoms with Crippen LogP contribution in [0.25, 0.3) is 0 Å².